The molecular weight excluding hydrogens is 418 g/mol. The van der Waals surface area contributed by atoms with E-state index < -0.39 is 10.0 Å². The molecule has 2 aromatic heterocycles. The lowest BCUT2D eigenvalue weighted by molar-refractivity contribution is 0.251. The maximum Gasteiger partial charge on any atom is 0.261 e. The van der Waals surface area contributed by atoms with Crippen molar-refractivity contribution in [3.63, 3.8) is 0 Å². The number of benzene rings is 1. The van der Waals surface area contributed by atoms with Gasteiger partial charge in [0.25, 0.3) is 5.56 Å². The monoisotopic (exact) mass is 445 g/mol. The van der Waals surface area contributed by atoms with Crippen molar-refractivity contribution in [2.75, 3.05) is 20.2 Å². The number of sulfonamides is 1. The number of ether oxygens (including phenoxy) is 1. The number of rotatable bonds is 5. The van der Waals surface area contributed by atoms with Gasteiger partial charge in [-0.05, 0) is 44.7 Å². The van der Waals surface area contributed by atoms with Gasteiger partial charge in [-0.3, -0.25) is 14.0 Å². The van der Waals surface area contributed by atoms with Crippen molar-refractivity contribution in [3.05, 3.63) is 46.3 Å². The van der Waals surface area contributed by atoms with E-state index in [1.165, 1.54) is 4.31 Å². The van der Waals surface area contributed by atoms with Gasteiger partial charge in [0.2, 0.25) is 10.0 Å². The highest BCUT2D eigenvalue weighted by atomic mass is 32.2. The number of aryl methyl sites for hydroxylation is 2. The van der Waals surface area contributed by atoms with Gasteiger partial charge in [-0.15, -0.1) is 0 Å². The number of nitrogens with zero attached hydrogens (tertiary/aromatic N) is 5. The fourth-order valence-electron chi connectivity index (χ4n) is 4.26. The van der Waals surface area contributed by atoms with Gasteiger partial charge >= 0.3 is 0 Å². The molecule has 0 spiro atoms. The lowest BCUT2D eigenvalue weighted by Crippen LogP contribution is -2.40. The lowest BCUT2D eigenvalue weighted by atomic mass is 9.98. The molecule has 1 fully saturated rings. The van der Waals surface area contributed by atoms with E-state index >= 15 is 0 Å². The highest BCUT2D eigenvalue weighted by Crippen LogP contribution is 2.28. The number of piperidine rings is 1. The van der Waals surface area contributed by atoms with Gasteiger partial charge < -0.3 is 4.74 Å². The maximum absolute atomic E-state index is 13.2. The summed E-state index contributed by atoms with van der Waals surface area (Å²) in [5.41, 5.74) is 1.67. The summed E-state index contributed by atoms with van der Waals surface area (Å²) in [4.78, 5) is 17.6. The van der Waals surface area contributed by atoms with Crippen LogP contribution in [-0.4, -0.2) is 52.3 Å². The Morgan fingerprint density at radius 1 is 1.19 bits per heavy atom. The van der Waals surface area contributed by atoms with Gasteiger partial charge in [-0.2, -0.15) is 9.40 Å². The Balaban J connectivity index is 1.48. The van der Waals surface area contributed by atoms with Crippen molar-refractivity contribution in [1.29, 1.82) is 0 Å². The van der Waals surface area contributed by atoms with Crippen molar-refractivity contribution >= 4 is 20.9 Å². The van der Waals surface area contributed by atoms with Crippen LogP contribution in [-0.2, 0) is 23.6 Å². The first-order valence-corrected chi connectivity index (χ1v) is 11.7. The third-order valence-corrected chi connectivity index (χ3v) is 8.25. The number of fused-ring (bicyclic) bond motifs is 1. The van der Waals surface area contributed by atoms with Crippen LogP contribution in [0.5, 0.6) is 5.75 Å². The predicted molar refractivity (Wildman–Crippen MR) is 117 cm³/mol. The quantitative estimate of drug-likeness (QED) is 0.594. The summed E-state index contributed by atoms with van der Waals surface area (Å²) in [7, 11) is -0.261. The second-order valence-corrected chi connectivity index (χ2v) is 9.93. The molecule has 9 nitrogen and oxygen atoms in total. The second kappa shape index (κ2) is 8.08. The topological polar surface area (TPSA) is 99.3 Å². The molecule has 166 valence electrons. The van der Waals surface area contributed by atoms with Crippen molar-refractivity contribution < 1.29 is 13.2 Å². The summed E-state index contributed by atoms with van der Waals surface area (Å²) in [6, 6.07) is 5.22. The molecule has 0 N–H and O–H groups in total. The standard InChI is InChI=1S/C21H27N5O4S/c1-14-20(15(2)24(3)23-14)31(28,29)26-9-7-16(8-10-26)12-25-13-22-19-11-17(30-4)5-6-18(19)21(25)27/h5-6,11,13,16H,7-10,12H2,1-4H3. The van der Waals surface area contributed by atoms with Gasteiger partial charge in [0, 0.05) is 32.7 Å². The third kappa shape index (κ3) is 3.85. The van der Waals surface area contributed by atoms with Gasteiger partial charge in [-0.25, -0.2) is 13.4 Å². The van der Waals surface area contributed by atoms with Crippen LogP contribution in [0.4, 0.5) is 0 Å². The molecule has 0 amide bonds. The summed E-state index contributed by atoms with van der Waals surface area (Å²) in [6.07, 6.45) is 2.94. The maximum atomic E-state index is 13.2. The average molecular weight is 446 g/mol. The molecule has 10 heteroatoms. The zero-order chi connectivity index (χ0) is 22.3. The largest absolute Gasteiger partial charge is 0.497 e. The summed E-state index contributed by atoms with van der Waals surface area (Å²) < 4.78 is 36.3. The van der Waals surface area contributed by atoms with Crippen LogP contribution in [0.2, 0.25) is 0 Å². The summed E-state index contributed by atoms with van der Waals surface area (Å²) in [5.74, 6) is 0.863. The van der Waals surface area contributed by atoms with Gasteiger partial charge in [0.05, 0.1) is 35.7 Å². The summed E-state index contributed by atoms with van der Waals surface area (Å²) in [5, 5.41) is 4.79. The van der Waals surface area contributed by atoms with Crippen LogP contribution in [0.25, 0.3) is 10.9 Å². The Morgan fingerprint density at radius 2 is 1.90 bits per heavy atom. The highest BCUT2D eigenvalue weighted by Gasteiger charge is 2.33. The van der Waals surface area contributed by atoms with Crippen molar-refractivity contribution in [1.82, 2.24) is 23.6 Å². The van der Waals surface area contributed by atoms with E-state index in [2.05, 4.69) is 10.1 Å². The Hall–Kier alpha value is -2.72. The molecule has 4 rings (SSSR count). The molecule has 3 heterocycles. The third-order valence-electron chi connectivity index (χ3n) is 6.10. The summed E-state index contributed by atoms with van der Waals surface area (Å²) >= 11 is 0. The van der Waals surface area contributed by atoms with Crippen molar-refractivity contribution in [2.24, 2.45) is 13.0 Å². The van der Waals surface area contributed by atoms with E-state index in [1.807, 2.05) is 0 Å². The molecule has 3 aromatic rings. The molecule has 0 atom stereocenters. The minimum Gasteiger partial charge on any atom is -0.497 e. The van der Waals surface area contributed by atoms with Crippen LogP contribution < -0.4 is 10.3 Å². The molecule has 0 bridgehead atoms. The van der Waals surface area contributed by atoms with E-state index in [4.69, 9.17) is 4.74 Å². The minimum absolute atomic E-state index is 0.0932. The minimum atomic E-state index is -3.59. The predicted octanol–water partition coefficient (Wildman–Crippen LogP) is 1.86. The van der Waals surface area contributed by atoms with Crippen molar-refractivity contribution in [3.8, 4) is 5.75 Å². The summed E-state index contributed by atoms with van der Waals surface area (Å²) in [6.45, 7) is 4.86. The van der Waals surface area contributed by atoms with Gasteiger partial charge in [0.15, 0.2) is 0 Å². The Labute approximate surface area is 181 Å². The van der Waals surface area contributed by atoms with E-state index in [0.717, 1.165) is 0 Å². The van der Waals surface area contributed by atoms with Crippen LogP contribution >= 0.6 is 0 Å². The molecule has 1 aromatic carbocycles. The van der Waals surface area contributed by atoms with Crippen LogP contribution in [0.3, 0.4) is 0 Å². The zero-order valence-corrected chi connectivity index (χ0v) is 19.0. The second-order valence-electron chi connectivity index (χ2n) is 8.06. The SMILES string of the molecule is COc1ccc2c(=O)n(CC3CCN(S(=O)(=O)c4c(C)nn(C)c4C)CC3)cnc2c1. The fraction of sp³-hybridized carbons (Fsp3) is 0.476. The average Bonchev–Trinajstić information content (AvgIpc) is 3.02. The Kier molecular flexibility index (Phi) is 5.61. The lowest BCUT2D eigenvalue weighted by Gasteiger charge is -2.31. The van der Waals surface area contributed by atoms with E-state index in [9.17, 15) is 13.2 Å². The number of aromatic nitrogens is 4. The molecular formula is C21H27N5O4S. The molecule has 0 radical (unpaired) electrons. The molecule has 0 saturated carbocycles. The fourth-order valence-corrected chi connectivity index (χ4v) is 6.13. The van der Waals surface area contributed by atoms with Gasteiger partial charge in [0.1, 0.15) is 10.6 Å². The molecule has 0 unspecified atom stereocenters. The first-order valence-electron chi connectivity index (χ1n) is 10.3. The zero-order valence-electron chi connectivity index (χ0n) is 18.2. The number of methoxy groups -OCH3 is 1. The Bertz CT molecular complexity index is 1290. The number of hydrogen-bond acceptors (Lipinski definition) is 6. The molecule has 0 aliphatic carbocycles. The number of hydrogen-bond donors (Lipinski definition) is 0. The van der Waals surface area contributed by atoms with E-state index in [0.29, 0.717) is 65.4 Å². The molecule has 1 saturated heterocycles. The van der Waals surface area contributed by atoms with Crippen molar-refractivity contribution in [2.45, 2.75) is 38.1 Å². The molecule has 31 heavy (non-hydrogen) atoms. The van der Waals surface area contributed by atoms with E-state index in [1.54, 1.807) is 61.8 Å². The van der Waals surface area contributed by atoms with Crippen LogP contribution in [0.15, 0.2) is 34.2 Å². The van der Waals surface area contributed by atoms with Gasteiger partial charge in [-0.1, -0.05) is 0 Å². The molecule has 1 aliphatic rings. The van der Waals surface area contributed by atoms with E-state index in [-0.39, 0.29) is 11.5 Å². The van der Waals surface area contributed by atoms with Crippen LogP contribution in [0, 0.1) is 19.8 Å². The first-order chi connectivity index (χ1) is 14.7. The Morgan fingerprint density at radius 3 is 2.52 bits per heavy atom. The molecule has 1 aliphatic heterocycles. The first kappa shape index (κ1) is 21.5. The highest BCUT2D eigenvalue weighted by molar-refractivity contribution is 7.89. The normalized spacial score (nSPS) is 16.1. The smallest absolute Gasteiger partial charge is 0.261 e. The van der Waals surface area contributed by atoms with Crippen LogP contribution in [0.1, 0.15) is 24.2 Å².